The summed E-state index contributed by atoms with van der Waals surface area (Å²) in [6.07, 6.45) is 1.72. The number of esters is 1. The van der Waals surface area contributed by atoms with Gasteiger partial charge in [-0.3, -0.25) is 9.59 Å². The number of ether oxygens (including phenoxy) is 1. The molecule has 0 unspecified atom stereocenters. The summed E-state index contributed by atoms with van der Waals surface area (Å²) >= 11 is 0. The molecule has 1 atom stereocenters. The number of nitrogens with one attached hydrogen (secondary N) is 1. The van der Waals surface area contributed by atoms with Gasteiger partial charge in [-0.25, -0.2) is 0 Å². The average molecular weight is 333 g/mol. The van der Waals surface area contributed by atoms with Crippen molar-refractivity contribution in [2.75, 3.05) is 13.2 Å². The summed E-state index contributed by atoms with van der Waals surface area (Å²) in [4.78, 5) is 23.2. The fourth-order valence-electron chi connectivity index (χ4n) is 3.30. The van der Waals surface area contributed by atoms with Crippen LogP contribution in [0.2, 0.25) is 0 Å². The van der Waals surface area contributed by atoms with Crippen molar-refractivity contribution in [3.05, 3.63) is 35.4 Å². The Morgan fingerprint density at radius 1 is 1.29 bits per heavy atom. The Morgan fingerprint density at radius 3 is 2.46 bits per heavy atom. The van der Waals surface area contributed by atoms with Gasteiger partial charge in [-0.2, -0.15) is 0 Å². The third-order valence-corrected chi connectivity index (χ3v) is 4.51. The van der Waals surface area contributed by atoms with Gasteiger partial charge in [0.05, 0.1) is 19.1 Å². The molecule has 2 rings (SSSR count). The molecule has 0 radical (unpaired) electrons. The zero-order chi connectivity index (χ0) is 17.7. The Balaban J connectivity index is 1.83. The number of benzene rings is 1. The SMILES string of the molecule is CCOC(=O)CCNC(=O)c1ccc([C@@H](O)C2CC(C)(C)C2)cc1. The van der Waals surface area contributed by atoms with Crippen LogP contribution < -0.4 is 5.32 Å². The highest BCUT2D eigenvalue weighted by Gasteiger charge is 2.40. The molecule has 0 aliphatic heterocycles. The number of aliphatic hydroxyl groups is 1. The Labute approximate surface area is 143 Å². The third-order valence-electron chi connectivity index (χ3n) is 4.51. The van der Waals surface area contributed by atoms with Gasteiger partial charge < -0.3 is 15.2 Å². The van der Waals surface area contributed by atoms with Gasteiger partial charge in [-0.05, 0) is 48.8 Å². The molecule has 1 aromatic carbocycles. The van der Waals surface area contributed by atoms with E-state index in [-0.39, 0.29) is 24.8 Å². The molecule has 24 heavy (non-hydrogen) atoms. The van der Waals surface area contributed by atoms with E-state index in [4.69, 9.17) is 4.74 Å². The minimum absolute atomic E-state index is 0.161. The van der Waals surface area contributed by atoms with Crippen LogP contribution in [0.15, 0.2) is 24.3 Å². The summed E-state index contributed by atoms with van der Waals surface area (Å²) in [7, 11) is 0. The lowest BCUT2D eigenvalue weighted by Crippen LogP contribution is -2.35. The van der Waals surface area contributed by atoms with Gasteiger partial charge >= 0.3 is 5.97 Å². The number of hydrogen-bond donors (Lipinski definition) is 2. The molecule has 0 saturated heterocycles. The number of rotatable bonds is 7. The van der Waals surface area contributed by atoms with Crippen molar-refractivity contribution in [2.45, 2.75) is 46.1 Å². The van der Waals surface area contributed by atoms with Crippen LogP contribution in [0.25, 0.3) is 0 Å². The Hall–Kier alpha value is -1.88. The Morgan fingerprint density at radius 2 is 1.92 bits per heavy atom. The molecule has 1 aliphatic rings. The fraction of sp³-hybridized carbons (Fsp3) is 0.579. The van der Waals surface area contributed by atoms with E-state index >= 15 is 0 Å². The van der Waals surface area contributed by atoms with Crippen LogP contribution in [0.1, 0.15) is 62.1 Å². The number of aliphatic hydroxyl groups excluding tert-OH is 1. The second kappa shape index (κ2) is 7.79. The predicted molar refractivity (Wildman–Crippen MR) is 91.5 cm³/mol. The van der Waals surface area contributed by atoms with Gasteiger partial charge in [0.2, 0.25) is 0 Å². The van der Waals surface area contributed by atoms with Crippen molar-refractivity contribution in [3.63, 3.8) is 0 Å². The Kier molecular flexibility index (Phi) is 5.99. The van der Waals surface area contributed by atoms with E-state index in [1.165, 1.54) is 0 Å². The number of carbonyl (C=O) groups excluding carboxylic acids is 2. The van der Waals surface area contributed by atoms with Gasteiger partial charge in [-0.15, -0.1) is 0 Å². The number of amides is 1. The zero-order valence-corrected chi connectivity index (χ0v) is 14.7. The van der Waals surface area contributed by atoms with E-state index in [1.54, 1.807) is 31.2 Å². The quantitative estimate of drug-likeness (QED) is 0.752. The van der Waals surface area contributed by atoms with Crippen molar-refractivity contribution in [2.24, 2.45) is 11.3 Å². The van der Waals surface area contributed by atoms with Crippen molar-refractivity contribution in [1.82, 2.24) is 5.32 Å². The van der Waals surface area contributed by atoms with Crippen molar-refractivity contribution < 1.29 is 19.4 Å². The van der Waals surface area contributed by atoms with E-state index in [1.807, 2.05) is 0 Å². The molecule has 1 fully saturated rings. The summed E-state index contributed by atoms with van der Waals surface area (Å²) < 4.78 is 4.81. The van der Waals surface area contributed by atoms with Gasteiger partial charge in [0, 0.05) is 12.1 Å². The first-order valence-corrected chi connectivity index (χ1v) is 8.54. The molecule has 5 heteroatoms. The summed E-state index contributed by atoms with van der Waals surface area (Å²) in [5.74, 6) is -0.255. The molecule has 2 N–H and O–H groups in total. The van der Waals surface area contributed by atoms with Gasteiger partial charge in [0.25, 0.3) is 5.91 Å². The van der Waals surface area contributed by atoms with Crippen LogP contribution in [-0.2, 0) is 9.53 Å². The summed E-state index contributed by atoms with van der Waals surface area (Å²) in [6, 6.07) is 7.02. The molecular formula is C19H27NO4. The molecule has 1 amide bonds. The highest BCUT2D eigenvalue weighted by Crippen LogP contribution is 2.50. The van der Waals surface area contributed by atoms with Crippen molar-refractivity contribution in [3.8, 4) is 0 Å². The number of hydrogen-bond acceptors (Lipinski definition) is 4. The predicted octanol–water partition coefficient (Wildman–Crippen LogP) is 2.84. The largest absolute Gasteiger partial charge is 0.466 e. The summed E-state index contributed by atoms with van der Waals surface area (Å²) in [6.45, 7) is 6.75. The monoisotopic (exact) mass is 333 g/mol. The smallest absolute Gasteiger partial charge is 0.307 e. The second-order valence-electron chi connectivity index (χ2n) is 7.21. The lowest BCUT2D eigenvalue weighted by atomic mass is 9.62. The summed E-state index contributed by atoms with van der Waals surface area (Å²) in [5, 5.41) is 13.1. The molecule has 132 valence electrons. The van der Waals surface area contributed by atoms with E-state index in [0.717, 1.165) is 18.4 Å². The molecule has 0 spiro atoms. The maximum atomic E-state index is 12.0. The van der Waals surface area contributed by atoms with E-state index in [2.05, 4.69) is 19.2 Å². The number of carbonyl (C=O) groups is 2. The van der Waals surface area contributed by atoms with Crippen LogP contribution in [0, 0.1) is 11.3 Å². The lowest BCUT2D eigenvalue weighted by molar-refractivity contribution is -0.142. The standard InChI is InChI=1S/C19H27NO4/c1-4-24-16(21)9-10-20-18(23)14-7-5-13(6-8-14)17(22)15-11-19(2,3)12-15/h5-8,15,17,22H,4,9-12H2,1-3H3,(H,20,23)/t17-/m1/s1. The van der Waals surface area contributed by atoms with Gasteiger partial charge in [-0.1, -0.05) is 26.0 Å². The average Bonchev–Trinajstić information content (AvgIpc) is 2.52. The molecule has 5 nitrogen and oxygen atoms in total. The minimum Gasteiger partial charge on any atom is -0.466 e. The van der Waals surface area contributed by atoms with Crippen LogP contribution in [0.3, 0.4) is 0 Å². The third kappa shape index (κ3) is 4.81. The summed E-state index contributed by atoms with van der Waals surface area (Å²) in [5.41, 5.74) is 1.69. The first-order chi connectivity index (χ1) is 11.3. The molecule has 0 heterocycles. The van der Waals surface area contributed by atoms with Crippen LogP contribution in [-0.4, -0.2) is 30.1 Å². The topological polar surface area (TPSA) is 75.6 Å². The molecule has 1 aliphatic carbocycles. The molecule has 1 saturated carbocycles. The normalized spacial score (nSPS) is 17.7. The van der Waals surface area contributed by atoms with Crippen LogP contribution in [0.5, 0.6) is 0 Å². The molecule has 0 bridgehead atoms. The minimum atomic E-state index is -0.473. The maximum absolute atomic E-state index is 12.0. The molecule has 1 aromatic rings. The maximum Gasteiger partial charge on any atom is 0.307 e. The fourth-order valence-corrected chi connectivity index (χ4v) is 3.30. The molecule has 0 aromatic heterocycles. The second-order valence-corrected chi connectivity index (χ2v) is 7.21. The highest BCUT2D eigenvalue weighted by molar-refractivity contribution is 5.94. The van der Waals surface area contributed by atoms with Crippen LogP contribution in [0.4, 0.5) is 0 Å². The van der Waals surface area contributed by atoms with Gasteiger partial charge in [0.15, 0.2) is 0 Å². The van der Waals surface area contributed by atoms with E-state index in [0.29, 0.717) is 23.5 Å². The lowest BCUT2D eigenvalue weighted by Gasteiger charge is -2.45. The molecular weight excluding hydrogens is 306 g/mol. The van der Waals surface area contributed by atoms with Gasteiger partial charge in [0.1, 0.15) is 0 Å². The first-order valence-electron chi connectivity index (χ1n) is 8.54. The first kappa shape index (κ1) is 18.5. The van der Waals surface area contributed by atoms with Crippen LogP contribution >= 0.6 is 0 Å². The Bertz CT molecular complexity index is 572. The van der Waals surface area contributed by atoms with E-state index in [9.17, 15) is 14.7 Å². The van der Waals surface area contributed by atoms with E-state index < -0.39 is 6.10 Å². The zero-order valence-electron chi connectivity index (χ0n) is 14.7. The highest BCUT2D eigenvalue weighted by atomic mass is 16.5. The van der Waals surface area contributed by atoms with Crippen molar-refractivity contribution in [1.29, 1.82) is 0 Å². The van der Waals surface area contributed by atoms with Crippen molar-refractivity contribution >= 4 is 11.9 Å².